The Labute approximate surface area is 256 Å². The molecule has 6 N–H and O–H groups in total. The molecule has 6 rings (SSSR count). The van der Waals surface area contributed by atoms with E-state index in [2.05, 4.69) is 0 Å². The first-order chi connectivity index (χ1) is 21.1. The third kappa shape index (κ3) is 4.06. The lowest BCUT2D eigenvalue weighted by Gasteiger charge is -2.67. The average molecular weight is 643 g/mol. The number of allylic oxidation sites excluding steroid dienone is 2. The van der Waals surface area contributed by atoms with E-state index in [1.807, 2.05) is 0 Å². The molecule has 250 valence electrons. The highest BCUT2D eigenvalue weighted by atomic mass is 16.7. The fourth-order valence-electron chi connectivity index (χ4n) is 9.46. The smallest absolute Gasteiger partial charge is 0.348 e. The zero-order valence-electron chi connectivity index (χ0n) is 25.0. The molecule has 0 radical (unpaired) electrons. The molecule has 3 heterocycles. The predicted octanol–water partition coefficient (Wildman–Crippen LogP) is -3.17. The number of methoxy groups -OCH3 is 1. The summed E-state index contributed by atoms with van der Waals surface area (Å²) < 4.78 is 33.6. The Hall–Kier alpha value is -2.70. The fraction of sp³-hybridized carbons (Fsp3) is 0.793. The second-order valence-electron chi connectivity index (χ2n) is 13.3. The third-order valence-electron chi connectivity index (χ3n) is 11.2. The summed E-state index contributed by atoms with van der Waals surface area (Å²) in [7, 11) is 1.05. The Morgan fingerprint density at radius 3 is 2.33 bits per heavy atom. The number of aliphatic hydroxyl groups excluding tert-OH is 6. The van der Waals surface area contributed by atoms with Gasteiger partial charge in [0.15, 0.2) is 11.5 Å². The van der Waals surface area contributed by atoms with Crippen LogP contribution in [0.4, 0.5) is 0 Å². The van der Waals surface area contributed by atoms with Crippen molar-refractivity contribution < 1.29 is 78.2 Å². The van der Waals surface area contributed by atoms with Crippen molar-refractivity contribution >= 4 is 23.7 Å². The summed E-state index contributed by atoms with van der Waals surface area (Å²) in [5.41, 5.74) is -4.52. The number of rotatable bonds is 5. The van der Waals surface area contributed by atoms with Crippen LogP contribution in [0.1, 0.15) is 33.6 Å². The minimum atomic E-state index is -2.29. The second kappa shape index (κ2) is 10.7. The summed E-state index contributed by atoms with van der Waals surface area (Å²) in [5.74, 6) is -6.73. The Balaban J connectivity index is 1.45. The number of hydrogen-bond donors (Lipinski definition) is 6. The van der Waals surface area contributed by atoms with Gasteiger partial charge in [-0.15, -0.1) is 0 Å². The van der Waals surface area contributed by atoms with Crippen molar-refractivity contribution in [1.29, 1.82) is 0 Å². The molecule has 5 fully saturated rings. The van der Waals surface area contributed by atoms with Crippen molar-refractivity contribution in [2.45, 2.75) is 94.3 Å². The minimum absolute atomic E-state index is 0.0477. The lowest BCUT2D eigenvalue weighted by atomic mass is 9.38. The first-order valence-electron chi connectivity index (χ1n) is 14.8. The molecule has 6 aliphatic rings. The highest BCUT2D eigenvalue weighted by Crippen LogP contribution is 2.73. The normalized spacial score (nSPS) is 50.3. The van der Waals surface area contributed by atoms with Crippen LogP contribution in [0.15, 0.2) is 11.3 Å². The van der Waals surface area contributed by atoms with Gasteiger partial charge in [-0.25, -0.2) is 9.59 Å². The largest absolute Gasteiger partial charge is 0.467 e. The van der Waals surface area contributed by atoms with E-state index in [0.717, 1.165) is 14.0 Å². The quantitative estimate of drug-likeness (QED) is 0.128. The molecule has 1 spiro atoms. The molecule has 45 heavy (non-hydrogen) atoms. The SMILES string of the molecule is COC(=O)C12OC[C@]34[C@H]([C@@H](O)[C@@H]1O)[C@@]1(C)CC(=O)C(O[C@@H]5O[C@H](CO)[C@@H](O)[C@H](O)[C@H]5O)=C(C)[C@@H]1C[C@H]3OC(=O)[C@H](OC(C)=O)[C@@H]24. The van der Waals surface area contributed by atoms with Crippen LogP contribution in [0.25, 0.3) is 0 Å². The molecule has 1 unspecified atom stereocenters. The molecular weight excluding hydrogens is 604 g/mol. The molecule has 0 aromatic heterocycles. The van der Waals surface area contributed by atoms with Crippen LogP contribution in [-0.2, 0) is 47.6 Å². The molecule has 3 aliphatic heterocycles. The van der Waals surface area contributed by atoms with Gasteiger partial charge in [0, 0.05) is 24.7 Å². The molecule has 0 amide bonds. The van der Waals surface area contributed by atoms with Crippen LogP contribution in [0.3, 0.4) is 0 Å². The van der Waals surface area contributed by atoms with E-state index in [1.165, 1.54) is 0 Å². The number of aliphatic hydroxyl groups is 6. The molecule has 0 aromatic carbocycles. The lowest BCUT2D eigenvalue weighted by molar-refractivity contribution is -0.296. The number of ketones is 1. The van der Waals surface area contributed by atoms with Gasteiger partial charge in [0.25, 0.3) is 0 Å². The van der Waals surface area contributed by atoms with Crippen LogP contribution < -0.4 is 0 Å². The van der Waals surface area contributed by atoms with Crippen LogP contribution in [-0.4, -0.2) is 135 Å². The van der Waals surface area contributed by atoms with Crippen LogP contribution in [0, 0.1) is 28.6 Å². The predicted molar refractivity (Wildman–Crippen MR) is 141 cm³/mol. The molecule has 2 saturated carbocycles. The van der Waals surface area contributed by atoms with Gasteiger partial charge in [0.1, 0.15) is 36.6 Å². The zero-order valence-corrected chi connectivity index (χ0v) is 25.0. The Bertz CT molecular complexity index is 1330. The number of carbonyl (C=O) groups excluding carboxylic acids is 4. The van der Waals surface area contributed by atoms with E-state index < -0.39 is 120 Å². The third-order valence-corrected chi connectivity index (χ3v) is 11.2. The van der Waals surface area contributed by atoms with Crippen molar-refractivity contribution in [2.75, 3.05) is 20.3 Å². The van der Waals surface area contributed by atoms with Crippen molar-refractivity contribution in [1.82, 2.24) is 0 Å². The van der Waals surface area contributed by atoms with E-state index in [0.29, 0.717) is 5.57 Å². The molecule has 3 saturated heterocycles. The van der Waals surface area contributed by atoms with Gasteiger partial charge in [-0.2, -0.15) is 0 Å². The van der Waals surface area contributed by atoms with Gasteiger partial charge < -0.3 is 59.1 Å². The summed E-state index contributed by atoms with van der Waals surface area (Å²) in [6, 6.07) is 0. The van der Waals surface area contributed by atoms with Gasteiger partial charge >= 0.3 is 17.9 Å². The standard InChI is InChI=1S/C29H38O16/c1-9-11-5-14-28-8-41-29(26(39)40-4,22(28)20(24(38)44-14)42-10(2)31)23(37)18(36)21(28)27(11,3)6-12(32)19(9)45-25-17(35)16(34)15(33)13(7-30)43-25/h11,13-18,20-23,25,30,33-37H,5-8H2,1-4H3/t11-,13+,14+,15+,16-,17+,18+,20+,21+,22+,23-,25-,27-,28+,29?/m0/s1. The Kier molecular flexibility index (Phi) is 7.64. The molecule has 2 bridgehead atoms. The average Bonchev–Trinajstić information content (AvgIpc) is 3.29. The van der Waals surface area contributed by atoms with Gasteiger partial charge in [-0.05, 0) is 30.3 Å². The van der Waals surface area contributed by atoms with E-state index in [-0.39, 0.29) is 25.2 Å². The highest BCUT2D eigenvalue weighted by Gasteiger charge is 2.85. The number of esters is 3. The summed E-state index contributed by atoms with van der Waals surface area (Å²) >= 11 is 0. The van der Waals surface area contributed by atoms with Crippen molar-refractivity contribution in [3.63, 3.8) is 0 Å². The summed E-state index contributed by atoms with van der Waals surface area (Å²) in [4.78, 5) is 52.8. The molecule has 16 heteroatoms. The van der Waals surface area contributed by atoms with Crippen LogP contribution in [0.2, 0.25) is 0 Å². The monoisotopic (exact) mass is 642 g/mol. The van der Waals surface area contributed by atoms with Gasteiger partial charge in [-0.3, -0.25) is 9.59 Å². The number of Topliss-reactive ketones (excluding diaryl/α,β-unsaturated/α-hetero) is 1. The number of hydrogen-bond acceptors (Lipinski definition) is 16. The first kappa shape index (κ1) is 32.2. The van der Waals surface area contributed by atoms with E-state index in [4.69, 9.17) is 28.4 Å². The van der Waals surface area contributed by atoms with Gasteiger partial charge in [0.2, 0.25) is 18.0 Å². The maximum atomic E-state index is 13.8. The summed E-state index contributed by atoms with van der Waals surface area (Å²) in [6.07, 6.45) is -14.7. The molecule has 0 aromatic rings. The van der Waals surface area contributed by atoms with E-state index in [1.54, 1.807) is 13.8 Å². The Morgan fingerprint density at radius 1 is 1.02 bits per heavy atom. The highest BCUT2D eigenvalue weighted by molar-refractivity contribution is 5.96. The first-order valence-corrected chi connectivity index (χ1v) is 14.8. The fourth-order valence-corrected chi connectivity index (χ4v) is 9.46. The van der Waals surface area contributed by atoms with Crippen molar-refractivity contribution in [2.24, 2.45) is 28.6 Å². The number of ether oxygens (including phenoxy) is 6. The minimum Gasteiger partial charge on any atom is -0.467 e. The maximum Gasteiger partial charge on any atom is 0.348 e. The summed E-state index contributed by atoms with van der Waals surface area (Å²) in [6.45, 7) is 3.37. The molecule has 16 nitrogen and oxygen atoms in total. The van der Waals surface area contributed by atoms with Crippen LogP contribution >= 0.6 is 0 Å². The van der Waals surface area contributed by atoms with Crippen molar-refractivity contribution in [3.05, 3.63) is 11.3 Å². The summed E-state index contributed by atoms with van der Waals surface area (Å²) in [5, 5.41) is 63.9. The molecule has 3 aliphatic carbocycles. The lowest BCUT2D eigenvalue weighted by Crippen LogP contribution is -2.79. The number of fused-ring (bicyclic) bond motifs is 2. The van der Waals surface area contributed by atoms with E-state index >= 15 is 0 Å². The van der Waals surface area contributed by atoms with Gasteiger partial charge in [0.05, 0.1) is 32.3 Å². The zero-order chi connectivity index (χ0) is 33.0. The number of carbonyl (C=O) groups is 4. The Morgan fingerprint density at radius 2 is 1.71 bits per heavy atom. The second-order valence-corrected chi connectivity index (χ2v) is 13.3. The molecular formula is C29H38O16. The maximum absolute atomic E-state index is 13.8. The van der Waals surface area contributed by atoms with Crippen LogP contribution in [0.5, 0.6) is 0 Å². The van der Waals surface area contributed by atoms with Crippen molar-refractivity contribution in [3.8, 4) is 0 Å². The molecule has 15 atom stereocenters. The topological polar surface area (TPSA) is 245 Å². The van der Waals surface area contributed by atoms with E-state index in [9.17, 15) is 49.8 Å². The van der Waals surface area contributed by atoms with Gasteiger partial charge in [-0.1, -0.05) is 6.92 Å².